The molecule has 1 fully saturated rings. The topological polar surface area (TPSA) is 79.0 Å². The Morgan fingerprint density at radius 2 is 1.77 bits per heavy atom. The first-order valence-electron chi connectivity index (χ1n) is 10.5. The Bertz CT molecular complexity index is 1030. The van der Waals surface area contributed by atoms with Crippen molar-refractivity contribution in [3.8, 4) is 5.75 Å². The van der Waals surface area contributed by atoms with Gasteiger partial charge in [0.05, 0.1) is 17.6 Å². The molecule has 2 aromatic rings. The van der Waals surface area contributed by atoms with Gasteiger partial charge in [0, 0.05) is 26.2 Å². The van der Waals surface area contributed by atoms with Gasteiger partial charge in [-0.1, -0.05) is 38.1 Å². The molecular weight excluding hydrogens is 414 g/mol. The van der Waals surface area contributed by atoms with E-state index in [0.29, 0.717) is 37.8 Å². The molecule has 1 aliphatic heterocycles. The van der Waals surface area contributed by atoms with Crippen molar-refractivity contribution >= 4 is 27.3 Å². The summed E-state index contributed by atoms with van der Waals surface area (Å²) in [6, 6.07) is 13.6. The monoisotopic (exact) mass is 445 g/mol. The Hall–Kier alpha value is -2.58. The molecule has 0 aromatic heterocycles. The van der Waals surface area contributed by atoms with E-state index in [9.17, 15) is 13.2 Å². The molecule has 1 heterocycles. The van der Waals surface area contributed by atoms with E-state index in [1.54, 1.807) is 0 Å². The van der Waals surface area contributed by atoms with Crippen LogP contribution < -0.4 is 15.0 Å². The average Bonchev–Trinajstić information content (AvgIpc) is 2.72. The van der Waals surface area contributed by atoms with E-state index < -0.39 is 10.0 Å². The van der Waals surface area contributed by atoms with Crippen molar-refractivity contribution in [2.24, 2.45) is 0 Å². The van der Waals surface area contributed by atoms with Gasteiger partial charge in [0.15, 0.2) is 6.61 Å². The number of piperazine rings is 1. The average molecular weight is 446 g/mol. The van der Waals surface area contributed by atoms with Crippen molar-refractivity contribution in [3.05, 3.63) is 53.6 Å². The molecule has 168 valence electrons. The van der Waals surface area contributed by atoms with Gasteiger partial charge < -0.3 is 15.0 Å². The summed E-state index contributed by atoms with van der Waals surface area (Å²) >= 11 is 0. The van der Waals surface area contributed by atoms with Crippen LogP contribution in [-0.4, -0.2) is 57.7 Å². The number of para-hydroxylation sites is 2. The summed E-state index contributed by atoms with van der Waals surface area (Å²) in [5, 5.41) is 2.95. The molecule has 0 unspecified atom stereocenters. The van der Waals surface area contributed by atoms with Crippen molar-refractivity contribution in [1.82, 2.24) is 4.31 Å². The van der Waals surface area contributed by atoms with Gasteiger partial charge in [0.1, 0.15) is 5.75 Å². The lowest BCUT2D eigenvalue weighted by Gasteiger charge is -2.35. The highest BCUT2D eigenvalue weighted by Crippen LogP contribution is 2.29. The maximum Gasteiger partial charge on any atom is 0.262 e. The SMILES string of the molecule is Cc1ccc(C(C)C)c(OCC(=O)Nc2ccccc2N2CCN(S(C)(=O)=O)CC2)c1. The van der Waals surface area contributed by atoms with Gasteiger partial charge in [-0.3, -0.25) is 4.79 Å². The highest BCUT2D eigenvalue weighted by atomic mass is 32.2. The number of sulfonamides is 1. The van der Waals surface area contributed by atoms with Gasteiger partial charge in [-0.15, -0.1) is 0 Å². The molecule has 1 amide bonds. The number of benzene rings is 2. The van der Waals surface area contributed by atoms with Crippen molar-refractivity contribution in [3.63, 3.8) is 0 Å². The van der Waals surface area contributed by atoms with Gasteiger partial charge in [-0.25, -0.2) is 8.42 Å². The zero-order chi connectivity index (χ0) is 22.6. The lowest BCUT2D eigenvalue weighted by Crippen LogP contribution is -2.48. The quantitative estimate of drug-likeness (QED) is 0.708. The zero-order valence-electron chi connectivity index (χ0n) is 18.6. The minimum absolute atomic E-state index is 0.0840. The van der Waals surface area contributed by atoms with Crippen LogP contribution in [0.25, 0.3) is 0 Å². The molecule has 7 nitrogen and oxygen atoms in total. The second kappa shape index (κ2) is 9.70. The van der Waals surface area contributed by atoms with Crippen LogP contribution >= 0.6 is 0 Å². The number of hydrogen-bond donors (Lipinski definition) is 1. The molecule has 0 atom stereocenters. The van der Waals surface area contributed by atoms with Crippen LogP contribution in [-0.2, 0) is 14.8 Å². The number of nitrogens with zero attached hydrogens (tertiary/aromatic N) is 2. The van der Waals surface area contributed by atoms with Gasteiger partial charge in [-0.2, -0.15) is 4.31 Å². The first-order valence-corrected chi connectivity index (χ1v) is 12.3. The van der Waals surface area contributed by atoms with Crippen molar-refractivity contribution in [2.45, 2.75) is 26.7 Å². The smallest absolute Gasteiger partial charge is 0.262 e. The van der Waals surface area contributed by atoms with Crippen LogP contribution in [0, 0.1) is 6.92 Å². The largest absolute Gasteiger partial charge is 0.483 e. The molecule has 0 saturated carbocycles. The van der Waals surface area contributed by atoms with Crippen LogP contribution in [0.1, 0.15) is 30.9 Å². The first kappa shape index (κ1) is 23.1. The van der Waals surface area contributed by atoms with Gasteiger partial charge >= 0.3 is 0 Å². The van der Waals surface area contributed by atoms with Crippen LogP contribution in [0.5, 0.6) is 5.75 Å². The fourth-order valence-corrected chi connectivity index (χ4v) is 4.52. The number of aryl methyl sites for hydroxylation is 1. The second-order valence-corrected chi connectivity index (χ2v) is 10.2. The first-order chi connectivity index (χ1) is 14.6. The van der Waals surface area contributed by atoms with E-state index in [0.717, 1.165) is 22.6 Å². The van der Waals surface area contributed by atoms with E-state index in [2.05, 4.69) is 24.1 Å². The van der Waals surface area contributed by atoms with Gasteiger partial charge in [-0.05, 0) is 42.2 Å². The van der Waals surface area contributed by atoms with Crippen LogP contribution in [0.2, 0.25) is 0 Å². The van der Waals surface area contributed by atoms with E-state index in [4.69, 9.17) is 4.74 Å². The van der Waals surface area contributed by atoms with Crippen molar-refractivity contribution in [1.29, 1.82) is 0 Å². The number of hydrogen-bond acceptors (Lipinski definition) is 5. The molecule has 0 spiro atoms. The number of amides is 1. The third-order valence-corrected chi connectivity index (χ3v) is 6.68. The summed E-state index contributed by atoms with van der Waals surface area (Å²) in [6.45, 7) is 8.09. The number of rotatable bonds is 7. The maximum absolute atomic E-state index is 12.6. The third-order valence-electron chi connectivity index (χ3n) is 5.38. The molecule has 3 rings (SSSR count). The molecule has 1 N–H and O–H groups in total. The summed E-state index contributed by atoms with van der Waals surface area (Å²) < 4.78 is 30.8. The molecule has 1 saturated heterocycles. The predicted molar refractivity (Wildman–Crippen MR) is 124 cm³/mol. The minimum Gasteiger partial charge on any atom is -0.483 e. The minimum atomic E-state index is -3.19. The van der Waals surface area contributed by atoms with Crippen molar-refractivity contribution < 1.29 is 17.9 Å². The fraction of sp³-hybridized carbons (Fsp3) is 0.435. The van der Waals surface area contributed by atoms with Crippen LogP contribution in [0.15, 0.2) is 42.5 Å². The summed E-state index contributed by atoms with van der Waals surface area (Å²) in [7, 11) is -3.19. The third kappa shape index (κ3) is 5.98. The molecule has 0 bridgehead atoms. The summed E-state index contributed by atoms with van der Waals surface area (Å²) in [5.74, 6) is 0.791. The highest BCUT2D eigenvalue weighted by Gasteiger charge is 2.24. The lowest BCUT2D eigenvalue weighted by atomic mass is 10.0. The molecule has 31 heavy (non-hydrogen) atoms. The molecule has 0 radical (unpaired) electrons. The van der Waals surface area contributed by atoms with Crippen LogP contribution in [0.4, 0.5) is 11.4 Å². The Labute approximate surface area is 185 Å². The molecule has 2 aromatic carbocycles. The second-order valence-electron chi connectivity index (χ2n) is 8.20. The van der Waals surface area contributed by atoms with E-state index in [-0.39, 0.29) is 12.5 Å². The normalized spacial score (nSPS) is 15.2. The lowest BCUT2D eigenvalue weighted by molar-refractivity contribution is -0.118. The van der Waals surface area contributed by atoms with Gasteiger partial charge in [0.25, 0.3) is 5.91 Å². The van der Waals surface area contributed by atoms with Crippen LogP contribution in [0.3, 0.4) is 0 Å². The van der Waals surface area contributed by atoms with Crippen molar-refractivity contribution in [2.75, 3.05) is 49.3 Å². The summed E-state index contributed by atoms with van der Waals surface area (Å²) in [5.41, 5.74) is 3.72. The summed E-state index contributed by atoms with van der Waals surface area (Å²) in [6.07, 6.45) is 1.23. The number of nitrogens with one attached hydrogen (secondary N) is 1. The maximum atomic E-state index is 12.6. The molecule has 0 aliphatic carbocycles. The highest BCUT2D eigenvalue weighted by molar-refractivity contribution is 7.88. The molecule has 8 heteroatoms. The van der Waals surface area contributed by atoms with E-state index in [1.807, 2.05) is 49.4 Å². The van der Waals surface area contributed by atoms with E-state index in [1.165, 1.54) is 10.6 Å². The Morgan fingerprint density at radius 1 is 1.10 bits per heavy atom. The Balaban J connectivity index is 1.65. The van der Waals surface area contributed by atoms with E-state index >= 15 is 0 Å². The zero-order valence-corrected chi connectivity index (χ0v) is 19.4. The number of ether oxygens (including phenoxy) is 1. The van der Waals surface area contributed by atoms with Gasteiger partial charge in [0.2, 0.25) is 10.0 Å². The predicted octanol–water partition coefficient (Wildman–Crippen LogP) is 3.22. The number of carbonyl (C=O) groups excluding carboxylic acids is 1. The summed E-state index contributed by atoms with van der Waals surface area (Å²) in [4.78, 5) is 14.7. The standard InChI is InChI=1S/C23H31N3O4S/c1-17(2)19-10-9-18(3)15-22(19)30-16-23(27)24-20-7-5-6-8-21(20)25-11-13-26(14-12-25)31(4,28)29/h5-10,15,17H,11-14,16H2,1-4H3,(H,24,27). The molecule has 1 aliphatic rings. The molecular formula is C23H31N3O4S. The fourth-order valence-electron chi connectivity index (χ4n) is 3.69. The number of carbonyl (C=O) groups is 1. The Morgan fingerprint density at radius 3 is 2.42 bits per heavy atom. The number of anilines is 2. The Kier molecular flexibility index (Phi) is 7.23.